The SMILES string of the molecule is COC(=O)c1ccc(-c2nc(CN(Cc3cccc(O)c3)C3CCC(O)CC3)cs2)cc1. The second kappa shape index (κ2) is 10.3. The highest BCUT2D eigenvalue weighted by Crippen LogP contribution is 2.29. The number of aliphatic hydroxyl groups excluding tert-OH is 1. The van der Waals surface area contributed by atoms with Crippen LogP contribution in [0, 0.1) is 0 Å². The van der Waals surface area contributed by atoms with Gasteiger partial charge in [0.2, 0.25) is 0 Å². The number of carbonyl (C=O) groups excluding carboxylic acids is 1. The summed E-state index contributed by atoms with van der Waals surface area (Å²) in [5, 5.41) is 22.8. The van der Waals surface area contributed by atoms with E-state index in [1.165, 1.54) is 7.11 Å². The molecule has 2 aromatic carbocycles. The molecule has 1 heterocycles. The summed E-state index contributed by atoms with van der Waals surface area (Å²) in [4.78, 5) is 18.9. The third-order valence-corrected chi connectivity index (χ3v) is 6.89. The van der Waals surface area contributed by atoms with Gasteiger partial charge in [-0.25, -0.2) is 9.78 Å². The number of aromatic nitrogens is 1. The van der Waals surface area contributed by atoms with Crippen molar-refractivity contribution < 1.29 is 19.7 Å². The lowest BCUT2D eigenvalue weighted by atomic mass is 9.91. The molecule has 4 rings (SSSR count). The van der Waals surface area contributed by atoms with Crippen LogP contribution >= 0.6 is 11.3 Å². The lowest BCUT2D eigenvalue weighted by molar-refractivity contribution is 0.0600. The summed E-state index contributed by atoms with van der Waals surface area (Å²) >= 11 is 1.59. The maximum atomic E-state index is 11.7. The van der Waals surface area contributed by atoms with Crippen LogP contribution in [0.25, 0.3) is 10.6 Å². The average molecular weight is 453 g/mol. The summed E-state index contributed by atoms with van der Waals surface area (Å²) in [6.45, 7) is 1.42. The van der Waals surface area contributed by atoms with Crippen LogP contribution < -0.4 is 0 Å². The van der Waals surface area contributed by atoms with Crippen LogP contribution in [0.15, 0.2) is 53.9 Å². The Labute approximate surface area is 192 Å². The molecule has 0 aliphatic heterocycles. The summed E-state index contributed by atoms with van der Waals surface area (Å²) in [5.74, 6) is -0.0792. The highest BCUT2D eigenvalue weighted by atomic mass is 32.1. The Morgan fingerprint density at radius 1 is 1.12 bits per heavy atom. The molecule has 3 aromatic rings. The molecule has 0 amide bonds. The van der Waals surface area contributed by atoms with Crippen LogP contribution in [0.3, 0.4) is 0 Å². The van der Waals surface area contributed by atoms with Gasteiger partial charge in [-0.1, -0.05) is 24.3 Å². The minimum atomic E-state index is -0.350. The van der Waals surface area contributed by atoms with Crippen molar-refractivity contribution in [2.24, 2.45) is 0 Å². The normalized spacial score (nSPS) is 18.6. The van der Waals surface area contributed by atoms with E-state index in [9.17, 15) is 15.0 Å². The Morgan fingerprint density at radius 3 is 2.56 bits per heavy atom. The third kappa shape index (κ3) is 5.54. The summed E-state index contributed by atoms with van der Waals surface area (Å²) < 4.78 is 4.76. The van der Waals surface area contributed by atoms with Crippen molar-refractivity contribution in [1.82, 2.24) is 9.88 Å². The molecule has 7 heteroatoms. The summed E-state index contributed by atoms with van der Waals surface area (Å²) in [6, 6.07) is 15.0. The Hall–Kier alpha value is -2.74. The molecule has 0 atom stereocenters. The molecule has 0 bridgehead atoms. The number of ether oxygens (including phenoxy) is 1. The Bertz CT molecular complexity index is 1040. The van der Waals surface area contributed by atoms with Crippen molar-refractivity contribution >= 4 is 17.3 Å². The minimum Gasteiger partial charge on any atom is -0.508 e. The number of benzene rings is 2. The summed E-state index contributed by atoms with van der Waals surface area (Å²) in [5.41, 5.74) is 3.54. The lowest BCUT2D eigenvalue weighted by Crippen LogP contribution is -2.38. The third-order valence-electron chi connectivity index (χ3n) is 5.95. The van der Waals surface area contributed by atoms with Crippen LogP contribution in [-0.2, 0) is 17.8 Å². The van der Waals surface area contributed by atoms with E-state index in [4.69, 9.17) is 9.72 Å². The smallest absolute Gasteiger partial charge is 0.337 e. The number of aliphatic hydroxyl groups is 1. The van der Waals surface area contributed by atoms with E-state index < -0.39 is 0 Å². The molecule has 1 fully saturated rings. The first-order valence-corrected chi connectivity index (χ1v) is 11.7. The number of hydrogen-bond acceptors (Lipinski definition) is 7. The zero-order valence-corrected chi connectivity index (χ0v) is 18.9. The number of nitrogens with zero attached hydrogens (tertiary/aromatic N) is 2. The fourth-order valence-electron chi connectivity index (χ4n) is 4.21. The Morgan fingerprint density at radius 2 is 1.88 bits per heavy atom. The number of rotatable bonds is 7. The minimum absolute atomic E-state index is 0.201. The van der Waals surface area contributed by atoms with E-state index in [1.807, 2.05) is 24.3 Å². The zero-order valence-electron chi connectivity index (χ0n) is 18.1. The molecule has 0 radical (unpaired) electrons. The molecule has 0 saturated heterocycles. The van der Waals surface area contributed by atoms with Crippen LogP contribution in [0.4, 0.5) is 0 Å². The van der Waals surface area contributed by atoms with Gasteiger partial charge in [0.25, 0.3) is 0 Å². The van der Waals surface area contributed by atoms with Crippen molar-refractivity contribution in [1.29, 1.82) is 0 Å². The first-order chi connectivity index (χ1) is 15.5. The van der Waals surface area contributed by atoms with Crippen LogP contribution in [0.5, 0.6) is 5.75 Å². The van der Waals surface area contributed by atoms with E-state index in [0.29, 0.717) is 18.2 Å². The maximum absolute atomic E-state index is 11.7. The van der Waals surface area contributed by atoms with Crippen LogP contribution in [-0.4, -0.2) is 45.3 Å². The second-order valence-corrected chi connectivity index (χ2v) is 9.11. The Kier molecular flexibility index (Phi) is 7.19. The zero-order chi connectivity index (χ0) is 22.5. The van der Waals surface area contributed by atoms with Gasteiger partial charge in [0.1, 0.15) is 10.8 Å². The quantitative estimate of drug-likeness (QED) is 0.510. The molecule has 1 saturated carbocycles. The summed E-state index contributed by atoms with van der Waals surface area (Å²) in [6.07, 6.45) is 3.33. The first kappa shape index (κ1) is 22.5. The second-order valence-electron chi connectivity index (χ2n) is 8.25. The number of methoxy groups -OCH3 is 1. The molecule has 1 aromatic heterocycles. The largest absolute Gasteiger partial charge is 0.508 e. The summed E-state index contributed by atoms with van der Waals surface area (Å²) in [7, 11) is 1.37. The average Bonchev–Trinajstić information content (AvgIpc) is 3.27. The van der Waals surface area contributed by atoms with E-state index >= 15 is 0 Å². The predicted molar refractivity (Wildman–Crippen MR) is 125 cm³/mol. The highest BCUT2D eigenvalue weighted by Gasteiger charge is 2.26. The van der Waals surface area contributed by atoms with Crippen molar-refractivity contribution in [3.05, 3.63) is 70.7 Å². The fourth-order valence-corrected chi connectivity index (χ4v) is 5.03. The first-order valence-electron chi connectivity index (χ1n) is 10.8. The molecule has 2 N–H and O–H groups in total. The molecule has 168 valence electrons. The lowest BCUT2D eigenvalue weighted by Gasteiger charge is -2.35. The number of thiazole rings is 1. The van der Waals surface area contributed by atoms with E-state index in [0.717, 1.165) is 54.1 Å². The fraction of sp³-hybridized carbons (Fsp3) is 0.360. The molecule has 1 aliphatic rings. The van der Waals surface area contributed by atoms with E-state index in [1.54, 1.807) is 35.6 Å². The predicted octanol–water partition coefficient (Wildman–Crippen LogP) is 4.61. The number of aromatic hydroxyl groups is 1. The van der Waals surface area contributed by atoms with Gasteiger partial charge < -0.3 is 14.9 Å². The number of hydrogen-bond donors (Lipinski definition) is 2. The van der Waals surface area contributed by atoms with E-state index in [-0.39, 0.29) is 17.8 Å². The van der Waals surface area contributed by atoms with Gasteiger partial charge in [-0.15, -0.1) is 11.3 Å². The van der Waals surface area contributed by atoms with Crippen molar-refractivity contribution in [3.8, 4) is 16.3 Å². The van der Waals surface area contributed by atoms with Gasteiger partial charge in [-0.05, 0) is 55.5 Å². The van der Waals surface area contributed by atoms with Gasteiger partial charge in [0.15, 0.2) is 0 Å². The molecule has 0 unspecified atom stereocenters. The molecular formula is C25H28N2O4S. The van der Waals surface area contributed by atoms with Gasteiger partial charge >= 0.3 is 5.97 Å². The monoisotopic (exact) mass is 452 g/mol. The number of esters is 1. The van der Waals surface area contributed by atoms with Crippen LogP contribution in [0.2, 0.25) is 0 Å². The van der Waals surface area contributed by atoms with Gasteiger partial charge in [-0.2, -0.15) is 0 Å². The van der Waals surface area contributed by atoms with Gasteiger partial charge in [0, 0.05) is 30.1 Å². The highest BCUT2D eigenvalue weighted by molar-refractivity contribution is 7.13. The maximum Gasteiger partial charge on any atom is 0.337 e. The topological polar surface area (TPSA) is 82.9 Å². The number of phenols is 1. The Balaban J connectivity index is 1.50. The number of carbonyl (C=O) groups is 1. The molecule has 32 heavy (non-hydrogen) atoms. The number of phenolic OH excluding ortho intramolecular Hbond substituents is 1. The standard InChI is InChI=1S/C25H28N2O4S/c1-31-25(30)19-7-5-18(6-8-19)24-26-20(16-32-24)15-27(21-9-11-22(28)12-10-21)14-17-3-2-4-23(29)13-17/h2-8,13,16,21-22,28-29H,9-12,14-15H2,1H3. The van der Waals surface area contributed by atoms with E-state index in [2.05, 4.69) is 10.3 Å². The van der Waals surface area contributed by atoms with Crippen molar-refractivity contribution in [3.63, 3.8) is 0 Å². The van der Waals surface area contributed by atoms with Crippen molar-refractivity contribution in [2.75, 3.05) is 7.11 Å². The molecule has 1 aliphatic carbocycles. The van der Waals surface area contributed by atoms with Gasteiger partial charge in [-0.3, -0.25) is 4.90 Å². The molecular weight excluding hydrogens is 424 g/mol. The molecule has 0 spiro atoms. The van der Waals surface area contributed by atoms with Crippen LogP contribution in [0.1, 0.15) is 47.3 Å². The van der Waals surface area contributed by atoms with Gasteiger partial charge in [0.05, 0.1) is 24.5 Å². The molecule has 6 nitrogen and oxygen atoms in total. The van der Waals surface area contributed by atoms with Crippen molar-refractivity contribution in [2.45, 2.75) is 50.9 Å².